The van der Waals surface area contributed by atoms with Gasteiger partial charge in [-0.25, -0.2) is 4.39 Å². The summed E-state index contributed by atoms with van der Waals surface area (Å²) in [6.45, 7) is 2.06. The van der Waals surface area contributed by atoms with Gasteiger partial charge >= 0.3 is 0 Å². The number of halogens is 1. The molecule has 15 heavy (non-hydrogen) atoms. The largest absolute Gasteiger partial charge is 0.398 e. The summed E-state index contributed by atoms with van der Waals surface area (Å²) in [6, 6.07) is 3.99. The minimum atomic E-state index is -1.12. The Kier molecular flexibility index (Phi) is 5.11. The van der Waals surface area contributed by atoms with E-state index in [2.05, 4.69) is 6.92 Å². The Bertz CT molecular complexity index is 357. The van der Waals surface area contributed by atoms with Gasteiger partial charge in [0, 0.05) is 11.5 Å². The van der Waals surface area contributed by atoms with E-state index in [0.29, 0.717) is 10.6 Å². The van der Waals surface area contributed by atoms with Gasteiger partial charge in [0.25, 0.3) is 0 Å². The molecule has 0 aliphatic heterocycles. The average Bonchev–Trinajstić information content (AvgIpc) is 2.17. The van der Waals surface area contributed by atoms with Gasteiger partial charge < -0.3 is 5.73 Å². The van der Waals surface area contributed by atoms with E-state index in [1.54, 1.807) is 11.8 Å². The molecule has 1 atom stereocenters. The monoisotopic (exact) mass is 247 g/mol. The van der Waals surface area contributed by atoms with Gasteiger partial charge in [-0.15, -0.1) is 0 Å². The van der Waals surface area contributed by atoms with Crippen LogP contribution in [0.25, 0.3) is 0 Å². The Morgan fingerprint density at radius 2 is 2.27 bits per heavy atom. The van der Waals surface area contributed by atoms with Crippen molar-refractivity contribution in [2.75, 3.05) is 23.0 Å². The molecule has 1 aromatic rings. The summed E-state index contributed by atoms with van der Waals surface area (Å²) in [7, 11) is -1.12. The molecule has 0 aliphatic rings. The van der Waals surface area contributed by atoms with Crippen LogP contribution in [0, 0.1) is 5.82 Å². The van der Waals surface area contributed by atoms with E-state index in [4.69, 9.17) is 5.73 Å². The highest BCUT2D eigenvalue weighted by Crippen LogP contribution is 2.18. The van der Waals surface area contributed by atoms with Crippen LogP contribution in [0.3, 0.4) is 0 Å². The number of hydrogen-bond donors (Lipinski definition) is 1. The second-order valence-corrected chi connectivity index (χ2v) is 5.86. The lowest BCUT2D eigenvalue weighted by molar-refractivity contribution is 0.627. The van der Waals surface area contributed by atoms with Crippen LogP contribution in [0.5, 0.6) is 0 Å². The van der Waals surface area contributed by atoms with Crippen LogP contribution in [0.4, 0.5) is 10.1 Å². The van der Waals surface area contributed by atoms with Crippen LogP contribution < -0.4 is 5.73 Å². The highest BCUT2D eigenvalue weighted by Gasteiger charge is 2.08. The highest BCUT2D eigenvalue weighted by atomic mass is 32.2. The number of nitrogen functional groups attached to an aromatic ring is 1. The molecular weight excluding hydrogens is 233 g/mol. The number of hydrogen-bond acceptors (Lipinski definition) is 3. The third kappa shape index (κ3) is 3.83. The number of benzene rings is 1. The van der Waals surface area contributed by atoms with Gasteiger partial charge in [-0.1, -0.05) is 6.92 Å². The number of nitrogens with two attached hydrogens (primary N) is 1. The van der Waals surface area contributed by atoms with Crippen molar-refractivity contribution < 1.29 is 8.60 Å². The minimum absolute atomic E-state index is 0.273. The van der Waals surface area contributed by atoms with E-state index in [1.165, 1.54) is 18.2 Å². The van der Waals surface area contributed by atoms with Gasteiger partial charge in [-0.3, -0.25) is 4.21 Å². The molecule has 84 valence electrons. The molecule has 0 bridgehead atoms. The molecule has 0 saturated carbocycles. The van der Waals surface area contributed by atoms with Crippen molar-refractivity contribution in [1.82, 2.24) is 0 Å². The summed E-state index contributed by atoms with van der Waals surface area (Å²) < 4.78 is 24.5. The molecule has 0 fully saturated rings. The van der Waals surface area contributed by atoms with Crippen molar-refractivity contribution in [3.05, 3.63) is 24.0 Å². The fraction of sp³-hybridized carbons (Fsp3) is 0.400. The van der Waals surface area contributed by atoms with E-state index in [0.717, 1.165) is 11.5 Å². The third-order valence-electron chi connectivity index (χ3n) is 1.83. The molecule has 0 aromatic heterocycles. The smallest absolute Gasteiger partial charge is 0.125 e. The van der Waals surface area contributed by atoms with E-state index < -0.39 is 16.6 Å². The summed E-state index contributed by atoms with van der Waals surface area (Å²) >= 11 is 1.73. The zero-order valence-electron chi connectivity index (χ0n) is 8.53. The van der Waals surface area contributed by atoms with Crippen LogP contribution in [-0.4, -0.2) is 21.5 Å². The molecule has 5 heteroatoms. The lowest BCUT2D eigenvalue weighted by atomic mass is 10.3. The van der Waals surface area contributed by atoms with Crippen LogP contribution in [0.2, 0.25) is 0 Å². The van der Waals surface area contributed by atoms with E-state index >= 15 is 0 Å². The molecule has 0 spiro atoms. The predicted molar refractivity (Wildman–Crippen MR) is 65.1 cm³/mol. The molecule has 2 nitrogen and oxygen atoms in total. The molecule has 0 saturated heterocycles. The predicted octanol–water partition coefficient (Wildman–Crippen LogP) is 2.27. The molecule has 0 heterocycles. The molecule has 1 unspecified atom stereocenters. The number of thioether (sulfide) groups is 1. The maximum Gasteiger partial charge on any atom is 0.125 e. The zero-order valence-corrected chi connectivity index (χ0v) is 10.2. The summed E-state index contributed by atoms with van der Waals surface area (Å²) in [6.07, 6.45) is 0. The van der Waals surface area contributed by atoms with Crippen LogP contribution >= 0.6 is 11.8 Å². The Morgan fingerprint density at radius 3 is 2.87 bits per heavy atom. The first-order chi connectivity index (χ1) is 7.15. The van der Waals surface area contributed by atoms with Crippen molar-refractivity contribution in [2.24, 2.45) is 0 Å². The molecule has 0 radical (unpaired) electrons. The summed E-state index contributed by atoms with van der Waals surface area (Å²) in [5.74, 6) is 2.01. The Hall–Kier alpha value is -0.550. The first-order valence-electron chi connectivity index (χ1n) is 4.66. The minimum Gasteiger partial charge on any atom is -0.398 e. The standard InChI is InChI=1S/C10H14FNOS2/c1-2-14-5-6-15(13)10-4-3-8(11)7-9(10)12/h3-4,7H,2,5-6,12H2,1H3. The Morgan fingerprint density at radius 1 is 1.53 bits per heavy atom. The van der Waals surface area contributed by atoms with Crippen LogP contribution in [-0.2, 0) is 10.8 Å². The van der Waals surface area contributed by atoms with E-state index in [9.17, 15) is 8.60 Å². The first kappa shape index (κ1) is 12.5. The van der Waals surface area contributed by atoms with Gasteiger partial charge in [0.1, 0.15) is 5.82 Å². The number of anilines is 1. The fourth-order valence-electron chi connectivity index (χ4n) is 1.12. The van der Waals surface area contributed by atoms with Gasteiger partial charge in [0.05, 0.1) is 21.4 Å². The van der Waals surface area contributed by atoms with Gasteiger partial charge in [0.15, 0.2) is 0 Å². The van der Waals surface area contributed by atoms with E-state index in [1.807, 2.05) is 0 Å². The molecule has 0 aliphatic carbocycles. The second-order valence-electron chi connectivity index (χ2n) is 2.93. The van der Waals surface area contributed by atoms with Gasteiger partial charge in [-0.05, 0) is 24.0 Å². The zero-order chi connectivity index (χ0) is 11.3. The van der Waals surface area contributed by atoms with Crippen molar-refractivity contribution in [3.63, 3.8) is 0 Å². The Labute approximate surface area is 95.9 Å². The SMILES string of the molecule is CCSCCS(=O)c1ccc(F)cc1N. The molecule has 0 amide bonds. The van der Waals surface area contributed by atoms with Gasteiger partial charge in [0.2, 0.25) is 0 Å². The Balaban J connectivity index is 2.65. The highest BCUT2D eigenvalue weighted by molar-refractivity contribution is 8.00. The summed E-state index contributed by atoms with van der Waals surface area (Å²) in [4.78, 5) is 0.535. The second kappa shape index (κ2) is 6.12. The topological polar surface area (TPSA) is 43.1 Å². The van der Waals surface area contributed by atoms with Crippen molar-refractivity contribution in [2.45, 2.75) is 11.8 Å². The van der Waals surface area contributed by atoms with Gasteiger partial charge in [-0.2, -0.15) is 11.8 Å². The normalized spacial score (nSPS) is 12.7. The molecular formula is C10H14FNOS2. The lowest BCUT2D eigenvalue weighted by Crippen LogP contribution is -2.04. The fourth-order valence-corrected chi connectivity index (χ4v) is 3.24. The maximum atomic E-state index is 12.7. The maximum absolute atomic E-state index is 12.7. The van der Waals surface area contributed by atoms with Crippen molar-refractivity contribution in [3.8, 4) is 0 Å². The summed E-state index contributed by atoms with van der Waals surface area (Å²) in [5.41, 5.74) is 5.86. The molecule has 1 rings (SSSR count). The van der Waals surface area contributed by atoms with Crippen LogP contribution in [0.15, 0.2) is 23.1 Å². The molecule has 1 aromatic carbocycles. The first-order valence-corrected chi connectivity index (χ1v) is 7.13. The number of rotatable bonds is 5. The lowest BCUT2D eigenvalue weighted by Gasteiger charge is -2.05. The van der Waals surface area contributed by atoms with Crippen molar-refractivity contribution >= 4 is 28.2 Å². The average molecular weight is 247 g/mol. The van der Waals surface area contributed by atoms with Crippen LogP contribution in [0.1, 0.15) is 6.92 Å². The van der Waals surface area contributed by atoms with Crippen molar-refractivity contribution in [1.29, 1.82) is 0 Å². The van der Waals surface area contributed by atoms with E-state index in [-0.39, 0.29) is 5.69 Å². The summed E-state index contributed by atoms with van der Waals surface area (Å²) in [5, 5.41) is 0. The quantitative estimate of drug-likeness (QED) is 0.641. The third-order valence-corrected chi connectivity index (χ3v) is 4.43. The molecule has 2 N–H and O–H groups in total.